The maximum Gasteiger partial charge on any atom is 0.242 e. The molecule has 4 rings (SSSR count). The van der Waals surface area contributed by atoms with Crippen LogP contribution in [0, 0.1) is 11.8 Å². The SMILES string of the molecule is CN(C)S(=O)(=O)c1ccc2c(c1)[C@H]1OCCC[C@H]1[C@@H](C1CCCC1)N2. The number of sulfonamides is 1. The molecule has 2 aliphatic heterocycles. The average Bonchev–Trinajstić information content (AvgIpc) is 3.15. The number of anilines is 1. The summed E-state index contributed by atoms with van der Waals surface area (Å²) in [7, 11) is -0.282. The maximum absolute atomic E-state index is 12.5. The van der Waals surface area contributed by atoms with E-state index in [1.54, 1.807) is 20.2 Å². The van der Waals surface area contributed by atoms with Crippen molar-refractivity contribution in [2.24, 2.45) is 11.8 Å². The molecule has 1 saturated heterocycles. The lowest BCUT2D eigenvalue weighted by Gasteiger charge is -2.45. The fourth-order valence-corrected chi connectivity index (χ4v) is 5.78. The van der Waals surface area contributed by atoms with Crippen LogP contribution in [-0.4, -0.2) is 39.5 Å². The van der Waals surface area contributed by atoms with Gasteiger partial charge in [0.25, 0.3) is 0 Å². The molecule has 25 heavy (non-hydrogen) atoms. The van der Waals surface area contributed by atoms with Crippen molar-refractivity contribution < 1.29 is 13.2 Å². The van der Waals surface area contributed by atoms with Crippen LogP contribution in [0.1, 0.15) is 50.2 Å². The summed E-state index contributed by atoms with van der Waals surface area (Å²) < 4.78 is 32.5. The summed E-state index contributed by atoms with van der Waals surface area (Å²) in [5, 5.41) is 3.76. The second-order valence-corrected chi connectivity index (χ2v) is 10.0. The molecule has 0 unspecified atom stereocenters. The van der Waals surface area contributed by atoms with E-state index >= 15 is 0 Å². The van der Waals surface area contributed by atoms with Gasteiger partial charge in [-0.1, -0.05) is 12.8 Å². The van der Waals surface area contributed by atoms with E-state index in [0.717, 1.165) is 30.7 Å². The lowest BCUT2D eigenvalue weighted by atomic mass is 9.75. The second-order valence-electron chi connectivity index (χ2n) is 7.85. The Kier molecular flexibility index (Phi) is 4.54. The first kappa shape index (κ1) is 17.3. The molecule has 0 radical (unpaired) electrons. The molecule has 0 aromatic heterocycles. The summed E-state index contributed by atoms with van der Waals surface area (Å²) in [4.78, 5) is 0.352. The van der Waals surface area contributed by atoms with Crippen molar-refractivity contribution in [3.8, 4) is 0 Å². The molecule has 1 aliphatic carbocycles. The number of ether oxygens (including phenoxy) is 1. The normalized spacial score (nSPS) is 30.0. The predicted molar refractivity (Wildman–Crippen MR) is 98.1 cm³/mol. The molecule has 0 bridgehead atoms. The van der Waals surface area contributed by atoms with Gasteiger partial charge in [0.05, 0.1) is 11.0 Å². The molecule has 0 amide bonds. The van der Waals surface area contributed by atoms with Crippen LogP contribution in [0.5, 0.6) is 0 Å². The van der Waals surface area contributed by atoms with Crippen molar-refractivity contribution in [2.75, 3.05) is 26.0 Å². The highest BCUT2D eigenvalue weighted by molar-refractivity contribution is 7.89. The molecule has 1 saturated carbocycles. The summed E-state index contributed by atoms with van der Waals surface area (Å²) in [6, 6.07) is 5.93. The Morgan fingerprint density at radius 1 is 1.12 bits per heavy atom. The lowest BCUT2D eigenvalue weighted by molar-refractivity contribution is -0.0438. The molecular formula is C19H28N2O3S. The maximum atomic E-state index is 12.5. The zero-order chi connectivity index (χ0) is 17.6. The highest BCUT2D eigenvalue weighted by atomic mass is 32.2. The number of benzene rings is 1. The van der Waals surface area contributed by atoms with Gasteiger partial charge in [-0.2, -0.15) is 0 Å². The van der Waals surface area contributed by atoms with Crippen LogP contribution in [0.3, 0.4) is 0 Å². The minimum absolute atomic E-state index is 0.0212. The van der Waals surface area contributed by atoms with Gasteiger partial charge >= 0.3 is 0 Å². The monoisotopic (exact) mass is 364 g/mol. The van der Waals surface area contributed by atoms with E-state index in [0.29, 0.717) is 22.8 Å². The minimum atomic E-state index is -3.43. The largest absolute Gasteiger partial charge is 0.381 e. The Labute approximate surface area is 150 Å². The molecule has 3 atom stereocenters. The van der Waals surface area contributed by atoms with E-state index in [-0.39, 0.29) is 6.10 Å². The Balaban J connectivity index is 1.73. The van der Waals surface area contributed by atoms with Gasteiger partial charge in [0.2, 0.25) is 10.0 Å². The van der Waals surface area contributed by atoms with Gasteiger partial charge in [-0.05, 0) is 49.8 Å². The first-order valence-electron chi connectivity index (χ1n) is 9.43. The van der Waals surface area contributed by atoms with Crippen molar-refractivity contribution in [1.29, 1.82) is 0 Å². The molecule has 3 aliphatic rings. The lowest BCUT2D eigenvalue weighted by Crippen LogP contribution is -2.45. The van der Waals surface area contributed by atoms with Gasteiger partial charge < -0.3 is 10.1 Å². The molecule has 1 aromatic carbocycles. The Morgan fingerprint density at radius 2 is 1.88 bits per heavy atom. The highest BCUT2D eigenvalue weighted by Gasteiger charge is 2.43. The van der Waals surface area contributed by atoms with Crippen molar-refractivity contribution in [2.45, 2.75) is 55.6 Å². The number of hydrogen-bond donors (Lipinski definition) is 1. The molecular weight excluding hydrogens is 336 g/mol. The van der Waals surface area contributed by atoms with Gasteiger partial charge in [-0.15, -0.1) is 0 Å². The van der Waals surface area contributed by atoms with Crippen molar-refractivity contribution in [3.05, 3.63) is 23.8 Å². The number of rotatable bonds is 3. The van der Waals surface area contributed by atoms with Gasteiger partial charge in [0.1, 0.15) is 0 Å². The first-order valence-corrected chi connectivity index (χ1v) is 10.9. The standard InChI is InChI=1S/C19H28N2O3S/c1-21(2)25(22,23)14-9-10-17-16(12-14)19-15(8-5-11-24-19)18(20-17)13-6-3-4-7-13/h9-10,12-13,15,18-20H,3-8,11H2,1-2H3/t15-,18+,19-/m0/s1. The van der Waals surface area contributed by atoms with E-state index in [1.165, 1.54) is 30.0 Å². The summed E-state index contributed by atoms with van der Waals surface area (Å²) in [5.41, 5.74) is 2.07. The Hall–Kier alpha value is -1.11. The Bertz CT molecular complexity index is 741. The molecule has 5 nitrogen and oxygen atoms in total. The highest BCUT2D eigenvalue weighted by Crippen LogP contribution is 2.48. The second kappa shape index (κ2) is 6.56. The molecule has 2 fully saturated rings. The van der Waals surface area contributed by atoms with E-state index in [4.69, 9.17) is 4.74 Å². The molecule has 1 aromatic rings. The summed E-state index contributed by atoms with van der Waals surface area (Å²) >= 11 is 0. The molecule has 0 spiro atoms. The average molecular weight is 365 g/mol. The fourth-order valence-electron chi connectivity index (χ4n) is 4.84. The number of fused-ring (bicyclic) bond motifs is 3. The van der Waals surface area contributed by atoms with Crippen LogP contribution in [0.4, 0.5) is 5.69 Å². The number of hydrogen-bond acceptors (Lipinski definition) is 4. The minimum Gasteiger partial charge on any atom is -0.381 e. The third-order valence-electron chi connectivity index (χ3n) is 6.17. The number of nitrogens with one attached hydrogen (secondary N) is 1. The predicted octanol–water partition coefficient (Wildman–Crippen LogP) is 3.39. The number of nitrogens with zero attached hydrogens (tertiary/aromatic N) is 1. The van der Waals surface area contributed by atoms with Gasteiger partial charge in [-0.25, -0.2) is 12.7 Å². The zero-order valence-electron chi connectivity index (χ0n) is 15.1. The Morgan fingerprint density at radius 3 is 2.60 bits per heavy atom. The van der Waals surface area contributed by atoms with Gasteiger partial charge in [-0.3, -0.25) is 0 Å². The third-order valence-corrected chi connectivity index (χ3v) is 7.98. The van der Waals surface area contributed by atoms with Crippen LogP contribution in [0.2, 0.25) is 0 Å². The van der Waals surface area contributed by atoms with Crippen LogP contribution < -0.4 is 5.32 Å². The van der Waals surface area contributed by atoms with Crippen LogP contribution in [-0.2, 0) is 14.8 Å². The van der Waals surface area contributed by atoms with E-state index < -0.39 is 10.0 Å². The molecule has 2 heterocycles. The molecule has 1 N–H and O–H groups in total. The van der Waals surface area contributed by atoms with Gasteiger partial charge in [0, 0.05) is 43.9 Å². The smallest absolute Gasteiger partial charge is 0.242 e. The third kappa shape index (κ3) is 2.98. The van der Waals surface area contributed by atoms with Crippen LogP contribution in [0.15, 0.2) is 23.1 Å². The first-order chi connectivity index (χ1) is 12.0. The van der Waals surface area contributed by atoms with Crippen LogP contribution in [0.25, 0.3) is 0 Å². The molecule has 138 valence electrons. The quantitative estimate of drug-likeness (QED) is 0.893. The van der Waals surface area contributed by atoms with Crippen molar-refractivity contribution in [1.82, 2.24) is 4.31 Å². The van der Waals surface area contributed by atoms with Crippen molar-refractivity contribution in [3.63, 3.8) is 0 Å². The summed E-state index contributed by atoms with van der Waals surface area (Å²) in [6.07, 6.45) is 7.52. The fraction of sp³-hybridized carbons (Fsp3) is 0.684. The summed E-state index contributed by atoms with van der Waals surface area (Å²) in [6.45, 7) is 0.767. The summed E-state index contributed by atoms with van der Waals surface area (Å²) in [5.74, 6) is 1.16. The van der Waals surface area contributed by atoms with E-state index in [2.05, 4.69) is 5.32 Å². The van der Waals surface area contributed by atoms with Crippen LogP contribution >= 0.6 is 0 Å². The zero-order valence-corrected chi connectivity index (χ0v) is 15.9. The topological polar surface area (TPSA) is 58.6 Å². The van der Waals surface area contributed by atoms with Gasteiger partial charge in [0.15, 0.2) is 0 Å². The van der Waals surface area contributed by atoms with E-state index in [9.17, 15) is 8.42 Å². The van der Waals surface area contributed by atoms with E-state index in [1.807, 2.05) is 12.1 Å². The molecule has 6 heteroatoms. The van der Waals surface area contributed by atoms with Crippen molar-refractivity contribution >= 4 is 15.7 Å².